The van der Waals surface area contributed by atoms with Crippen LogP contribution in [0.4, 0.5) is 0 Å². The lowest BCUT2D eigenvalue weighted by atomic mass is 9.94. The Labute approximate surface area is 182 Å². The molecule has 1 fully saturated rings. The molecule has 2 aliphatic rings. The first kappa shape index (κ1) is 22.4. The molecule has 0 radical (unpaired) electrons. The van der Waals surface area contributed by atoms with E-state index in [4.69, 9.17) is 9.47 Å². The highest BCUT2D eigenvalue weighted by atomic mass is 32.2. The first-order valence-electron chi connectivity index (χ1n) is 10.5. The second-order valence-corrected chi connectivity index (χ2v) is 9.27. The number of amides is 1. The van der Waals surface area contributed by atoms with E-state index in [1.54, 1.807) is 23.6 Å². The van der Waals surface area contributed by atoms with E-state index in [-0.39, 0.29) is 12.0 Å². The molecule has 6 nitrogen and oxygen atoms in total. The molecule has 2 aliphatic heterocycles. The third-order valence-corrected chi connectivity index (χ3v) is 5.88. The second kappa shape index (κ2) is 9.69. The van der Waals surface area contributed by atoms with Gasteiger partial charge in [-0.3, -0.25) is 9.69 Å². The largest absolute Gasteiger partial charge is 0.494 e. The van der Waals surface area contributed by atoms with Crippen LogP contribution in [0.5, 0.6) is 5.75 Å². The molecule has 162 valence electrons. The predicted molar refractivity (Wildman–Crippen MR) is 119 cm³/mol. The van der Waals surface area contributed by atoms with Crippen molar-refractivity contribution in [3.05, 3.63) is 41.1 Å². The quantitative estimate of drug-likeness (QED) is 0.586. The van der Waals surface area contributed by atoms with Crippen LogP contribution in [-0.4, -0.2) is 40.4 Å². The Kier molecular flexibility index (Phi) is 7.23. The highest BCUT2D eigenvalue weighted by Crippen LogP contribution is 2.40. The van der Waals surface area contributed by atoms with Crippen molar-refractivity contribution in [1.82, 2.24) is 4.90 Å². The number of ether oxygens (including phenoxy) is 2. The predicted octanol–water partition coefficient (Wildman–Crippen LogP) is 4.71. The summed E-state index contributed by atoms with van der Waals surface area (Å²) in [5.74, 6) is 1.58. The van der Waals surface area contributed by atoms with E-state index in [0.717, 1.165) is 17.7 Å². The number of esters is 1. The summed E-state index contributed by atoms with van der Waals surface area (Å²) in [4.78, 5) is 31.9. The van der Waals surface area contributed by atoms with Crippen LogP contribution < -0.4 is 4.74 Å². The zero-order chi connectivity index (χ0) is 21.8. The SMILES string of the molecule is CC1=C(C(=O)OC(C)C)[C@H](c2ccc(OCCC(C)C)cc2)N2C(=O)CCSC2=N1. The van der Waals surface area contributed by atoms with Crippen molar-refractivity contribution in [3.63, 3.8) is 0 Å². The van der Waals surface area contributed by atoms with Gasteiger partial charge in [0.25, 0.3) is 0 Å². The third kappa shape index (κ3) is 5.06. The zero-order valence-electron chi connectivity index (χ0n) is 18.3. The summed E-state index contributed by atoms with van der Waals surface area (Å²) in [5.41, 5.74) is 1.85. The van der Waals surface area contributed by atoms with Crippen molar-refractivity contribution >= 4 is 28.8 Å². The van der Waals surface area contributed by atoms with Gasteiger partial charge in [-0.05, 0) is 50.8 Å². The molecule has 0 unspecified atom stereocenters. The standard InChI is InChI=1S/C23H30N2O4S/c1-14(2)10-12-28-18-8-6-17(7-9-18)21-20(22(27)29-15(3)4)16(5)24-23-25(21)19(26)11-13-30-23/h6-9,14-15,21H,10-13H2,1-5H3/t21-/m0/s1. The lowest BCUT2D eigenvalue weighted by molar-refractivity contribution is -0.143. The molecule has 1 atom stereocenters. The fraction of sp³-hybridized carbons (Fsp3) is 0.522. The average molecular weight is 431 g/mol. The molecule has 0 spiro atoms. The molecule has 3 rings (SSSR count). The van der Waals surface area contributed by atoms with Crippen molar-refractivity contribution in [1.29, 1.82) is 0 Å². The number of hydrogen-bond donors (Lipinski definition) is 0. The molecule has 1 aromatic rings. The van der Waals surface area contributed by atoms with Crippen LogP contribution in [0.15, 0.2) is 40.5 Å². The van der Waals surface area contributed by atoms with E-state index in [1.807, 2.05) is 38.1 Å². The van der Waals surface area contributed by atoms with Crippen molar-refractivity contribution < 1.29 is 19.1 Å². The van der Waals surface area contributed by atoms with Crippen molar-refractivity contribution in [2.24, 2.45) is 10.9 Å². The Morgan fingerprint density at radius 1 is 1.23 bits per heavy atom. The smallest absolute Gasteiger partial charge is 0.338 e. The molecule has 30 heavy (non-hydrogen) atoms. The fourth-order valence-electron chi connectivity index (χ4n) is 3.41. The second-order valence-electron chi connectivity index (χ2n) is 8.21. The minimum Gasteiger partial charge on any atom is -0.494 e. The van der Waals surface area contributed by atoms with E-state index in [2.05, 4.69) is 18.8 Å². The van der Waals surface area contributed by atoms with Crippen molar-refractivity contribution in [3.8, 4) is 5.75 Å². The number of thioether (sulfide) groups is 1. The number of carbonyl (C=O) groups excluding carboxylic acids is 2. The lowest BCUT2D eigenvalue weighted by Gasteiger charge is -2.39. The molecule has 0 bridgehead atoms. The molecule has 1 amide bonds. The summed E-state index contributed by atoms with van der Waals surface area (Å²) in [6.07, 6.45) is 1.14. The van der Waals surface area contributed by atoms with Crippen LogP contribution >= 0.6 is 11.8 Å². The van der Waals surface area contributed by atoms with Crippen LogP contribution in [0.25, 0.3) is 0 Å². The Morgan fingerprint density at radius 2 is 1.93 bits per heavy atom. The zero-order valence-corrected chi connectivity index (χ0v) is 19.1. The molecule has 0 aromatic heterocycles. The van der Waals surface area contributed by atoms with Gasteiger partial charge in [-0.1, -0.05) is 37.7 Å². The van der Waals surface area contributed by atoms with E-state index >= 15 is 0 Å². The van der Waals surface area contributed by atoms with E-state index < -0.39 is 12.0 Å². The first-order valence-corrected chi connectivity index (χ1v) is 11.4. The normalized spacial score (nSPS) is 19.2. The Morgan fingerprint density at radius 3 is 2.57 bits per heavy atom. The Hall–Kier alpha value is -2.28. The number of nitrogens with zero attached hydrogens (tertiary/aromatic N) is 2. The summed E-state index contributed by atoms with van der Waals surface area (Å²) < 4.78 is 11.3. The van der Waals surface area contributed by atoms with Crippen LogP contribution in [0.2, 0.25) is 0 Å². The van der Waals surface area contributed by atoms with Gasteiger partial charge in [0, 0.05) is 12.2 Å². The van der Waals surface area contributed by atoms with Crippen LogP contribution in [-0.2, 0) is 14.3 Å². The minimum atomic E-state index is -0.547. The average Bonchev–Trinajstić information content (AvgIpc) is 2.67. The molecule has 7 heteroatoms. The van der Waals surface area contributed by atoms with Gasteiger partial charge in [0.05, 0.1) is 30.0 Å². The van der Waals surface area contributed by atoms with E-state index in [9.17, 15) is 9.59 Å². The van der Waals surface area contributed by atoms with Gasteiger partial charge in [-0.25, -0.2) is 9.79 Å². The van der Waals surface area contributed by atoms with Crippen molar-refractivity contribution in [2.75, 3.05) is 12.4 Å². The van der Waals surface area contributed by atoms with Gasteiger partial charge in [-0.15, -0.1) is 0 Å². The first-order chi connectivity index (χ1) is 14.3. The Balaban J connectivity index is 1.94. The van der Waals surface area contributed by atoms with Crippen molar-refractivity contribution in [2.45, 2.75) is 59.6 Å². The van der Waals surface area contributed by atoms with Gasteiger partial charge < -0.3 is 9.47 Å². The van der Waals surface area contributed by atoms with Gasteiger partial charge >= 0.3 is 5.97 Å². The number of amidine groups is 1. The maximum absolute atomic E-state index is 12.9. The molecule has 0 saturated carbocycles. The molecule has 1 saturated heterocycles. The summed E-state index contributed by atoms with van der Waals surface area (Å²) in [5, 5.41) is 0.645. The summed E-state index contributed by atoms with van der Waals surface area (Å²) in [6, 6.07) is 7.07. The number of benzene rings is 1. The molecule has 1 aromatic carbocycles. The number of rotatable bonds is 7. The molecule has 0 aliphatic carbocycles. The summed E-state index contributed by atoms with van der Waals surface area (Å²) in [7, 11) is 0. The Bertz CT molecular complexity index is 858. The third-order valence-electron chi connectivity index (χ3n) is 4.93. The van der Waals surface area contributed by atoms with E-state index in [1.165, 1.54) is 0 Å². The number of carbonyl (C=O) groups is 2. The minimum absolute atomic E-state index is 0.0305. The van der Waals surface area contributed by atoms with Crippen LogP contribution in [0.1, 0.15) is 59.1 Å². The fourth-order valence-corrected chi connectivity index (χ4v) is 4.42. The number of hydrogen-bond acceptors (Lipinski definition) is 6. The molecule has 0 N–H and O–H groups in total. The maximum atomic E-state index is 12.9. The summed E-state index contributed by atoms with van der Waals surface area (Å²) in [6.45, 7) is 10.4. The summed E-state index contributed by atoms with van der Waals surface area (Å²) >= 11 is 1.54. The molecule has 2 heterocycles. The maximum Gasteiger partial charge on any atom is 0.338 e. The number of aliphatic imine (C=N–C) groups is 1. The van der Waals surface area contributed by atoms with Gasteiger partial charge in [-0.2, -0.15) is 0 Å². The van der Waals surface area contributed by atoms with E-state index in [0.29, 0.717) is 41.1 Å². The highest BCUT2D eigenvalue weighted by molar-refractivity contribution is 8.14. The van der Waals surface area contributed by atoms with Gasteiger partial charge in [0.1, 0.15) is 5.75 Å². The number of fused-ring (bicyclic) bond motifs is 1. The highest BCUT2D eigenvalue weighted by Gasteiger charge is 2.41. The molecular weight excluding hydrogens is 400 g/mol. The van der Waals surface area contributed by atoms with Crippen LogP contribution in [0.3, 0.4) is 0 Å². The topological polar surface area (TPSA) is 68.2 Å². The van der Waals surface area contributed by atoms with Gasteiger partial charge in [0.2, 0.25) is 5.91 Å². The monoisotopic (exact) mass is 430 g/mol. The van der Waals surface area contributed by atoms with Gasteiger partial charge in [0.15, 0.2) is 5.17 Å². The molecular formula is C23H30N2O4S. The number of allylic oxidation sites excluding steroid dienone is 1. The van der Waals surface area contributed by atoms with Crippen LogP contribution in [0, 0.1) is 5.92 Å². The lowest BCUT2D eigenvalue weighted by Crippen LogP contribution is -2.46.